The molecule has 0 aliphatic carbocycles. The Labute approximate surface area is 124 Å². The SMILES string of the molecule is Cc1cc(NC2CCN3CCCC3C2)cc(C)c1Br. The van der Waals surface area contributed by atoms with Crippen molar-refractivity contribution in [2.24, 2.45) is 0 Å². The molecule has 3 rings (SSSR count). The Morgan fingerprint density at radius 3 is 2.63 bits per heavy atom. The lowest BCUT2D eigenvalue weighted by molar-refractivity contribution is 0.188. The third-order valence-corrected chi connectivity index (χ3v) is 5.88. The van der Waals surface area contributed by atoms with Crippen LogP contribution in [-0.2, 0) is 0 Å². The Bertz CT molecular complexity index is 449. The molecular weight excluding hydrogens is 300 g/mol. The predicted molar refractivity (Wildman–Crippen MR) is 84.9 cm³/mol. The minimum absolute atomic E-state index is 0.652. The van der Waals surface area contributed by atoms with Crippen molar-refractivity contribution < 1.29 is 0 Å². The molecule has 2 atom stereocenters. The van der Waals surface area contributed by atoms with Crippen LogP contribution in [0.2, 0.25) is 0 Å². The summed E-state index contributed by atoms with van der Waals surface area (Å²) in [4.78, 5) is 2.68. The van der Waals surface area contributed by atoms with E-state index in [1.165, 1.54) is 60.1 Å². The van der Waals surface area contributed by atoms with Crippen molar-refractivity contribution >= 4 is 21.6 Å². The summed E-state index contributed by atoms with van der Waals surface area (Å²) < 4.78 is 1.24. The number of anilines is 1. The van der Waals surface area contributed by atoms with Crippen LogP contribution in [0.1, 0.15) is 36.8 Å². The van der Waals surface area contributed by atoms with Crippen LogP contribution < -0.4 is 5.32 Å². The molecule has 3 heteroatoms. The van der Waals surface area contributed by atoms with Gasteiger partial charge in [0.1, 0.15) is 0 Å². The molecule has 2 aliphatic rings. The third kappa shape index (κ3) is 2.82. The second-order valence-corrected chi connectivity index (χ2v) is 6.91. The number of piperidine rings is 1. The molecule has 2 nitrogen and oxygen atoms in total. The molecule has 0 saturated carbocycles. The summed E-state index contributed by atoms with van der Waals surface area (Å²) >= 11 is 3.64. The Balaban J connectivity index is 1.68. The van der Waals surface area contributed by atoms with Gasteiger partial charge in [0.15, 0.2) is 0 Å². The van der Waals surface area contributed by atoms with Crippen LogP contribution in [0.5, 0.6) is 0 Å². The lowest BCUT2D eigenvalue weighted by Crippen LogP contribution is -2.42. The first kappa shape index (κ1) is 13.4. The smallest absolute Gasteiger partial charge is 0.0348 e. The van der Waals surface area contributed by atoms with Gasteiger partial charge < -0.3 is 10.2 Å². The van der Waals surface area contributed by atoms with Gasteiger partial charge in [0.25, 0.3) is 0 Å². The zero-order chi connectivity index (χ0) is 13.4. The summed E-state index contributed by atoms with van der Waals surface area (Å²) in [6, 6.07) is 6.01. The largest absolute Gasteiger partial charge is 0.382 e. The lowest BCUT2D eigenvalue weighted by Gasteiger charge is -2.35. The minimum atomic E-state index is 0.652. The average molecular weight is 323 g/mol. The summed E-state index contributed by atoms with van der Waals surface area (Å²) in [7, 11) is 0. The highest BCUT2D eigenvalue weighted by Crippen LogP contribution is 2.30. The number of halogens is 1. The highest BCUT2D eigenvalue weighted by Gasteiger charge is 2.31. The van der Waals surface area contributed by atoms with Gasteiger partial charge in [-0.3, -0.25) is 0 Å². The van der Waals surface area contributed by atoms with Crippen molar-refractivity contribution in [2.75, 3.05) is 18.4 Å². The van der Waals surface area contributed by atoms with Gasteiger partial charge in [-0.05, 0) is 69.3 Å². The molecule has 0 amide bonds. The molecule has 2 saturated heterocycles. The van der Waals surface area contributed by atoms with Crippen molar-refractivity contribution in [3.8, 4) is 0 Å². The maximum Gasteiger partial charge on any atom is 0.0348 e. The molecule has 19 heavy (non-hydrogen) atoms. The van der Waals surface area contributed by atoms with Crippen molar-refractivity contribution in [2.45, 2.75) is 51.6 Å². The maximum absolute atomic E-state index is 3.75. The first-order chi connectivity index (χ1) is 9.13. The Kier molecular flexibility index (Phi) is 3.86. The molecule has 1 aromatic carbocycles. The summed E-state index contributed by atoms with van der Waals surface area (Å²) in [5, 5.41) is 3.75. The lowest BCUT2D eigenvalue weighted by atomic mass is 9.97. The summed E-state index contributed by atoms with van der Waals surface area (Å²) in [5.74, 6) is 0. The average Bonchev–Trinajstić information content (AvgIpc) is 2.83. The Morgan fingerprint density at radius 1 is 1.16 bits per heavy atom. The van der Waals surface area contributed by atoms with Gasteiger partial charge >= 0.3 is 0 Å². The van der Waals surface area contributed by atoms with E-state index in [0.29, 0.717) is 6.04 Å². The Hall–Kier alpha value is -0.540. The highest BCUT2D eigenvalue weighted by molar-refractivity contribution is 9.10. The first-order valence-electron chi connectivity index (χ1n) is 7.41. The topological polar surface area (TPSA) is 15.3 Å². The van der Waals surface area contributed by atoms with Crippen LogP contribution in [0.25, 0.3) is 0 Å². The van der Waals surface area contributed by atoms with Crippen molar-refractivity contribution in [3.05, 3.63) is 27.7 Å². The monoisotopic (exact) mass is 322 g/mol. The van der Waals surface area contributed by atoms with Crippen molar-refractivity contribution in [3.63, 3.8) is 0 Å². The zero-order valence-corrected chi connectivity index (χ0v) is 13.5. The number of benzene rings is 1. The minimum Gasteiger partial charge on any atom is -0.382 e. The fourth-order valence-corrected chi connectivity index (χ4v) is 3.85. The van der Waals surface area contributed by atoms with Gasteiger partial charge in [0, 0.05) is 28.8 Å². The van der Waals surface area contributed by atoms with Gasteiger partial charge in [0.05, 0.1) is 0 Å². The molecule has 0 radical (unpaired) electrons. The molecule has 2 unspecified atom stereocenters. The van der Waals surface area contributed by atoms with Crippen LogP contribution in [-0.4, -0.2) is 30.1 Å². The molecule has 1 aromatic rings. The second kappa shape index (κ2) is 5.45. The molecule has 2 aliphatic heterocycles. The molecule has 0 bridgehead atoms. The number of hydrogen-bond donors (Lipinski definition) is 1. The fourth-order valence-electron chi connectivity index (χ4n) is 3.62. The van der Waals surface area contributed by atoms with E-state index in [-0.39, 0.29) is 0 Å². The van der Waals surface area contributed by atoms with Gasteiger partial charge in [-0.2, -0.15) is 0 Å². The van der Waals surface area contributed by atoms with E-state index in [2.05, 4.69) is 52.1 Å². The molecule has 2 heterocycles. The molecule has 0 spiro atoms. The summed E-state index contributed by atoms with van der Waals surface area (Å²) in [6.45, 7) is 6.94. The Morgan fingerprint density at radius 2 is 1.89 bits per heavy atom. The normalized spacial score (nSPS) is 27.3. The molecular formula is C16H23BrN2. The molecule has 0 aromatic heterocycles. The van der Waals surface area contributed by atoms with E-state index >= 15 is 0 Å². The number of hydrogen-bond acceptors (Lipinski definition) is 2. The number of aryl methyl sites for hydroxylation is 2. The predicted octanol–water partition coefficient (Wildman–Crippen LogP) is 4.10. The van der Waals surface area contributed by atoms with Crippen LogP contribution >= 0.6 is 15.9 Å². The fraction of sp³-hybridized carbons (Fsp3) is 0.625. The van der Waals surface area contributed by atoms with Gasteiger partial charge in [0.2, 0.25) is 0 Å². The van der Waals surface area contributed by atoms with Gasteiger partial charge in [-0.1, -0.05) is 15.9 Å². The van der Waals surface area contributed by atoms with Gasteiger partial charge in [-0.25, -0.2) is 0 Å². The molecule has 104 valence electrons. The quantitative estimate of drug-likeness (QED) is 0.881. The standard InChI is InChI=1S/C16H23BrN2/c1-11-8-14(9-12(2)16(11)17)18-13-5-7-19-6-3-4-15(19)10-13/h8-9,13,15,18H,3-7,10H2,1-2H3. The van der Waals surface area contributed by atoms with E-state index in [1.807, 2.05) is 0 Å². The van der Waals surface area contributed by atoms with Crippen molar-refractivity contribution in [1.82, 2.24) is 4.90 Å². The van der Waals surface area contributed by atoms with Crippen LogP contribution in [0.15, 0.2) is 16.6 Å². The first-order valence-corrected chi connectivity index (χ1v) is 8.20. The number of rotatable bonds is 2. The second-order valence-electron chi connectivity index (χ2n) is 6.12. The van der Waals surface area contributed by atoms with E-state index in [1.54, 1.807) is 0 Å². The number of fused-ring (bicyclic) bond motifs is 1. The van der Waals surface area contributed by atoms with E-state index in [0.717, 1.165) is 6.04 Å². The summed E-state index contributed by atoms with van der Waals surface area (Å²) in [5.41, 5.74) is 3.93. The maximum atomic E-state index is 3.75. The number of nitrogens with zero attached hydrogens (tertiary/aromatic N) is 1. The van der Waals surface area contributed by atoms with Crippen molar-refractivity contribution in [1.29, 1.82) is 0 Å². The van der Waals surface area contributed by atoms with Crippen LogP contribution in [0, 0.1) is 13.8 Å². The van der Waals surface area contributed by atoms with Crippen LogP contribution in [0.3, 0.4) is 0 Å². The molecule has 1 N–H and O–H groups in total. The number of nitrogens with one attached hydrogen (secondary N) is 1. The van der Waals surface area contributed by atoms with E-state index < -0.39 is 0 Å². The third-order valence-electron chi connectivity index (χ3n) is 4.63. The zero-order valence-electron chi connectivity index (χ0n) is 11.9. The molecule has 2 fully saturated rings. The van der Waals surface area contributed by atoms with Gasteiger partial charge in [-0.15, -0.1) is 0 Å². The highest BCUT2D eigenvalue weighted by atomic mass is 79.9. The van der Waals surface area contributed by atoms with E-state index in [9.17, 15) is 0 Å². The summed E-state index contributed by atoms with van der Waals surface area (Å²) in [6.07, 6.45) is 5.39. The van der Waals surface area contributed by atoms with Crippen LogP contribution in [0.4, 0.5) is 5.69 Å². The van der Waals surface area contributed by atoms with E-state index in [4.69, 9.17) is 0 Å².